The molecule has 176 valence electrons. The summed E-state index contributed by atoms with van der Waals surface area (Å²) in [6.07, 6.45) is 0.884. The molecule has 8 nitrogen and oxygen atoms in total. The highest BCUT2D eigenvalue weighted by atomic mass is 16.7. The lowest BCUT2D eigenvalue weighted by molar-refractivity contribution is -0.172. The molecule has 3 aromatic rings. The Kier molecular flexibility index (Phi) is 4.25. The fraction of sp³-hybridized carbons (Fsp3) is 0.423. The molecule has 0 radical (unpaired) electrons. The lowest BCUT2D eigenvalue weighted by Crippen LogP contribution is -2.44. The molecule has 6 rings (SSSR count). The first-order valence-corrected chi connectivity index (χ1v) is 11.5. The van der Waals surface area contributed by atoms with Crippen molar-refractivity contribution in [1.29, 1.82) is 0 Å². The highest BCUT2D eigenvalue weighted by Crippen LogP contribution is 2.44. The van der Waals surface area contributed by atoms with Gasteiger partial charge in [-0.3, -0.25) is 4.79 Å². The zero-order chi connectivity index (χ0) is 24.0. The summed E-state index contributed by atoms with van der Waals surface area (Å²) in [6.45, 7) is 8.64. The van der Waals surface area contributed by atoms with E-state index in [0.717, 1.165) is 28.5 Å². The topological polar surface area (TPSA) is 99.9 Å². The van der Waals surface area contributed by atoms with Crippen LogP contribution in [0.25, 0.3) is 22.3 Å². The first-order chi connectivity index (χ1) is 16.1. The standard InChI is InChI=1S/C26H26N2O6/c1-5-26(31)17-7-19-22-15(10-28(19)23(29)16(17)11-32-24(26)30)14(9-25(2,3)4)13-6-20-21(34-12-33-20)8-18(13)27-22/h6-8,31H,5,9-12H2,1-4H3/t26-/m0/s1. The third kappa shape index (κ3) is 2.84. The zero-order valence-electron chi connectivity index (χ0n) is 19.7. The van der Waals surface area contributed by atoms with Gasteiger partial charge in [0.05, 0.1) is 29.0 Å². The maximum absolute atomic E-state index is 13.5. The predicted molar refractivity (Wildman–Crippen MR) is 124 cm³/mol. The molecule has 0 aliphatic carbocycles. The van der Waals surface area contributed by atoms with Crippen LogP contribution in [0.3, 0.4) is 0 Å². The molecule has 1 N–H and O–H groups in total. The normalized spacial score (nSPS) is 20.2. The van der Waals surface area contributed by atoms with E-state index in [1.165, 1.54) is 0 Å². The Morgan fingerprint density at radius 2 is 1.82 bits per heavy atom. The molecule has 2 aromatic heterocycles. The number of fused-ring (bicyclic) bond motifs is 6. The summed E-state index contributed by atoms with van der Waals surface area (Å²) in [6, 6.07) is 5.60. The van der Waals surface area contributed by atoms with Gasteiger partial charge in [0.15, 0.2) is 17.1 Å². The minimum absolute atomic E-state index is 0.0138. The van der Waals surface area contributed by atoms with Crippen LogP contribution in [0.1, 0.15) is 56.4 Å². The molecule has 1 aromatic carbocycles. The monoisotopic (exact) mass is 462 g/mol. The van der Waals surface area contributed by atoms with Crippen molar-refractivity contribution in [3.63, 3.8) is 0 Å². The third-order valence-corrected chi connectivity index (χ3v) is 7.01. The van der Waals surface area contributed by atoms with Gasteiger partial charge in [-0.1, -0.05) is 27.7 Å². The van der Waals surface area contributed by atoms with Gasteiger partial charge in [0, 0.05) is 22.6 Å². The van der Waals surface area contributed by atoms with E-state index >= 15 is 0 Å². The largest absolute Gasteiger partial charge is 0.458 e. The maximum atomic E-state index is 13.5. The second-order valence-electron chi connectivity index (χ2n) is 10.5. The third-order valence-electron chi connectivity index (χ3n) is 7.01. The van der Waals surface area contributed by atoms with Crippen molar-refractivity contribution in [2.75, 3.05) is 6.79 Å². The average molecular weight is 463 g/mol. The van der Waals surface area contributed by atoms with E-state index in [-0.39, 0.29) is 30.8 Å². The Morgan fingerprint density at radius 3 is 2.53 bits per heavy atom. The number of hydrogen-bond acceptors (Lipinski definition) is 7. The van der Waals surface area contributed by atoms with Gasteiger partial charge in [-0.15, -0.1) is 0 Å². The van der Waals surface area contributed by atoms with Gasteiger partial charge in [-0.25, -0.2) is 9.78 Å². The first-order valence-electron chi connectivity index (χ1n) is 11.5. The number of carbonyl (C=O) groups excluding carboxylic acids is 1. The Balaban J connectivity index is 1.65. The van der Waals surface area contributed by atoms with Crippen LogP contribution >= 0.6 is 0 Å². The Hall–Kier alpha value is -3.39. The minimum atomic E-state index is -1.85. The number of rotatable bonds is 2. The molecule has 5 heterocycles. The fourth-order valence-corrected chi connectivity index (χ4v) is 5.28. The Bertz CT molecular complexity index is 1470. The molecule has 34 heavy (non-hydrogen) atoms. The second kappa shape index (κ2) is 6.82. The van der Waals surface area contributed by atoms with Crippen molar-refractivity contribution >= 4 is 16.9 Å². The van der Waals surface area contributed by atoms with E-state index in [4.69, 9.17) is 19.2 Å². The van der Waals surface area contributed by atoms with E-state index in [9.17, 15) is 14.7 Å². The summed E-state index contributed by atoms with van der Waals surface area (Å²) in [5.74, 6) is 0.611. The number of aromatic nitrogens is 2. The van der Waals surface area contributed by atoms with E-state index in [1.54, 1.807) is 17.6 Å². The van der Waals surface area contributed by atoms with Crippen LogP contribution in [0.15, 0.2) is 23.0 Å². The molecule has 0 spiro atoms. The number of ether oxygens (including phenoxy) is 3. The number of hydrogen-bond donors (Lipinski definition) is 1. The van der Waals surface area contributed by atoms with Gasteiger partial charge in [-0.05, 0) is 36.0 Å². The number of nitrogens with zero attached hydrogens (tertiary/aromatic N) is 2. The molecule has 0 saturated heterocycles. The van der Waals surface area contributed by atoms with Crippen LogP contribution in [0.5, 0.6) is 11.5 Å². The van der Waals surface area contributed by atoms with Crippen LogP contribution in [-0.2, 0) is 34.7 Å². The van der Waals surface area contributed by atoms with E-state index in [0.29, 0.717) is 40.6 Å². The first kappa shape index (κ1) is 21.2. The van der Waals surface area contributed by atoms with Gasteiger partial charge < -0.3 is 23.9 Å². The molecule has 0 unspecified atom stereocenters. The zero-order valence-corrected chi connectivity index (χ0v) is 19.7. The molecule has 0 saturated carbocycles. The fourth-order valence-electron chi connectivity index (χ4n) is 5.28. The lowest BCUT2D eigenvalue weighted by Gasteiger charge is -2.31. The molecular formula is C26H26N2O6. The van der Waals surface area contributed by atoms with Crippen molar-refractivity contribution in [1.82, 2.24) is 9.55 Å². The average Bonchev–Trinajstić information content (AvgIpc) is 3.39. The Labute approximate surface area is 196 Å². The van der Waals surface area contributed by atoms with Crippen LogP contribution in [-0.4, -0.2) is 27.4 Å². The maximum Gasteiger partial charge on any atom is 0.343 e. The Morgan fingerprint density at radius 1 is 1.09 bits per heavy atom. The number of esters is 1. The molecule has 8 heteroatoms. The highest BCUT2D eigenvalue weighted by molar-refractivity contribution is 5.91. The number of benzene rings is 1. The van der Waals surface area contributed by atoms with Crippen LogP contribution in [0.2, 0.25) is 0 Å². The summed E-state index contributed by atoms with van der Waals surface area (Å²) < 4.78 is 18.1. The molecular weight excluding hydrogens is 436 g/mol. The number of carbonyl (C=O) groups is 1. The van der Waals surface area contributed by atoms with Gasteiger partial charge in [-0.2, -0.15) is 0 Å². The second-order valence-corrected chi connectivity index (χ2v) is 10.5. The van der Waals surface area contributed by atoms with Crippen molar-refractivity contribution < 1.29 is 24.1 Å². The molecule has 0 fully saturated rings. The van der Waals surface area contributed by atoms with Crippen molar-refractivity contribution in [3.05, 3.63) is 50.8 Å². The summed E-state index contributed by atoms with van der Waals surface area (Å²) in [5, 5.41) is 12.1. The molecule has 1 atom stereocenters. The van der Waals surface area contributed by atoms with Crippen molar-refractivity contribution in [2.45, 2.75) is 59.3 Å². The SMILES string of the molecule is CC[C@@]1(O)C(=O)OCc2c1cc1n(c2=O)Cc2c-1nc1cc3c(cc1c2CC(C)(C)C)OCO3. The van der Waals surface area contributed by atoms with Gasteiger partial charge in [0.25, 0.3) is 5.56 Å². The quantitative estimate of drug-likeness (QED) is 0.456. The van der Waals surface area contributed by atoms with Crippen molar-refractivity contribution in [3.8, 4) is 22.9 Å². The van der Waals surface area contributed by atoms with Crippen LogP contribution in [0.4, 0.5) is 0 Å². The lowest BCUT2D eigenvalue weighted by atomic mass is 9.84. The summed E-state index contributed by atoms with van der Waals surface area (Å²) in [4.78, 5) is 30.9. The van der Waals surface area contributed by atoms with Crippen LogP contribution < -0.4 is 15.0 Å². The van der Waals surface area contributed by atoms with Crippen molar-refractivity contribution in [2.24, 2.45) is 5.41 Å². The van der Waals surface area contributed by atoms with E-state index in [2.05, 4.69) is 20.8 Å². The smallest absolute Gasteiger partial charge is 0.343 e. The number of pyridine rings is 2. The number of aliphatic hydroxyl groups is 1. The molecule has 3 aliphatic rings. The molecule has 0 bridgehead atoms. The van der Waals surface area contributed by atoms with E-state index in [1.807, 2.05) is 12.1 Å². The summed E-state index contributed by atoms with van der Waals surface area (Å²) in [7, 11) is 0. The van der Waals surface area contributed by atoms with E-state index < -0.39 is 11.6 Å². The van der Waals surface area contributed by atoms with Gasteiger partial charge in [0.1, 0.15) is 6.61 Å². The highest BCUT2D eigenvalue weighted by Gasteiger charge is 2.45. The summed E-state index contributed by atoms with van der Waals surface area (Å²) >= 11 is 0. The minimum Gasteiger partial charge on any atom is -0.458 e. The molecule has 3 aliphatic heterocycles. The summed E-state index contributed by atoms with van der Waals surface area (Å²) in [5.41, 5.74) is 2.68. The van der Waals surface area contributed by atoms with Crippen LogP contribution in [0, 0.1) is 5.41 Å². The predicted octanol–water partition coefficient (Wildman–Crippen LogP) is 3.40. The number of cyclic esters (lactones) is 1. The van der Waals surface area contributed by atoms with Gasteiger partial charge in [0.2, 0.25) is 6.79 Å². The molecule has 0 amide bonds. The van der Waals surface area contributed by atoms with Gasteiger partial charge >= 0.3 is 5.97 Å².